The molecule has 0 aromatic carbocycles. The van der Waals surface area contributed by atoms with Crippen molar-refractivity contribution >= 4 is 23.4 Å². The van der Waals surface area contributed by atoms with Gasteiger partial charge in [0.1, 0.15) is 12.2 Å². The van der Waals surface area contributed by atoms with Gasteiger partial charge in [-0.25, -0.2) is 14.5 Å². The third-order valence-corrected chi connectivity index (χ3v) is 3.71. The lowest BCUT2D eigenvalue weighted by atomic mass is 10.2. The smallest absolute Gasteiger partial charge is 0.455 e. The second-order valence-corrected chi connectivity index (χ2v) is 5.83. The molecule has 0 aliphatic carbocycles. The average Bonchev–Trinajstić information content (AvgIpc) is 3.29. The monoisotopic (exact) mass is 429 g/mol. The predicted octanol–water partition coefficient (Wildman–Crippen LogP) is 1.99. The Hall–Kier alpha value is -3.35. The van der Waals surface area contributed by atoms with Crippen molar-refractivity contribution in [2.45, 2.75) is 19.6 Å². The Morgan fingerprint density at radius 1 is 1.28 bits per heavy atom. The molecule has 0 saturated heterocycles. The van der Waals surface area contributed by atoms with E-state index in [2.05, 4.69) is 25.5 Å². The van der Waals surface area contributed by atoms with Gasteiger partial charge in [0.15, 0.2) is 11.5 Å². The Morgan fingerprint density at radius 3 is 2.66 bits per heavy atom. The Labute approximate surface area is 165 Å². The van der Waals surface area contributed by atoms with E-state index in [1.807, 2.05) is 0 Å². The molecule has 10 nitrogen and oxygen atoms in total. The van der Waals surface area contributed by atoms with Crippen molar-refractivity contribution in [1.82, 2.24) is 35.0 Å². The molecule has 14 heteroatoms. The first kappa shape index (κ1) is 20.4. The summed E-state index contributed by atoms with van der Waals surface area (Å²) < 4.78 is 43.6. The molecule has 0 fully saturated rings. The zero-order valence-corrected chi connectivity index (χ0v) is 15.3. The molecule has 0 aliphatic rings. The minimum absolute atomic E-state index is 0.0618. The lowest BCUT2D eigenvalue weighted by Gasteiger charge is -2.06. The van der Waals surface area contributed by atoms with Crippen LogP contribution in [-0.4, -0.2) is 53.3 Å². The maximum atomic E-state index is 12.6. The Kier molecular flexibility index (Phi) is 5.59. The van der Waals surface area contributed by atoms with Crippen molar-refractivity contribution in [3.8, 4) is 5.82 Å². The van der Waals surface area contributed by atoms with Gasteiger partial charge in [0.25, 0.3) is 5.82 Å². The van der Waals surface area contributed by atoms with Gasteiger partial charge in [-0.05, 0) is 24.3 Å². The zero-order valence-electron chi connectivity index (χ0n) is 14.6. The van der Waals surface area contributed by atoms with Crippen LogP contribution in [-0.2, 0) is 17.5 Å². The molecule has 3 heterocycles. The molecule has 3 aromatic heterocycles. The SMILES string of the molecule is CCOC(=O)c1cc(C(=O)Cn2nnc(C(F)(F)F)n2)nn1-c1ncccc1Cl. The number of ether oxygens (including phenoxy) is 1. The first-order valence-corrected chi connectivity index (χ1v) is 8.34. The van der Waals surface area contributed by atoms with Gasteiger partial charge in [-0.3, -0.25) is 4.79 Å². The van der Waals surface area contributed by atoms with Gasteiger partial charge in [0.05, 0.1) is 11.6 Å². The summed E-state index contributed by atoms with van der Waals surface area (Å²) in [6, 6.07) is 4.17. The molecular weight excluding hydrogens is 419 g/mol. The number of Topliss-reactive ketones (excluding diaryl/α,β-unsaturated/α-hetero) is 1. The highest BCUT2D eigenvalue weighted by atomic mass is 35.5. The maximum Gasteiger partial charge on any atom is 0.455 e. The number of ketones is 1. The van der Waals surface area contributed by atoms with Crippen LogP contribution in [0.4, 0.5) is 13.2 Å². The second kappa shape index (κ2) is 7.95. The molecule has 29 heavy (non-hydrogen) atoms. The third kappa shape index (κ3) is 4.39. The molecule has 0 radical (unpaired) electrons. The van der Waals surface area contributed by atoms with Crippen LogP contribution in [0.25, 0.3) is 5.82 Å². The molecule has 0 atom stereocenters. The lowest BCUT2D eigenvalue weighted by molar-refractivity contribution is -0.145. The van der Waals surface area contributed by atoms with Crippen LogP contribution in [0.2, 0.25) is 5.02 Å². The van der Waals surface area contributed by atoms with Crippen LogP contribution in [0.15, 0.2) is 24.4 Å². The molecule has 3 aromatic rings. The van der Waals surface area contributed by atoms with Crippen molar-refractivity contribution < 1.29 is 27.5 Å². The summed E-state index contributed by atoms with van der Waals surface area (Å²) in [7, 11) is 0. The Balaban J connectivity index is 1.94. The number of pyridine rings is 1. The number of tetrazole rings is 1. The summed E-state index contributed by atoms with van der Waals surface area (Å²) in [5.41, 5.74) is -0.390. The summed E-state index contributed by atoms with van der Waals surface area (Å²) >= 11 is 6.08. The fourth-order valence-electron chi connectivity index (χ4n) is 2.20. The van der Waals surface area contributed by atoms with Gasteiger partial charge in [-0.2, -0.15) is 23.1 Å². The quantitative estimate of drug-likeness (QED) is 0.431. The highest BCUT2D eigenvalue weighted by molar-refractivity contribution is 6.32. The van der Waals surface area contributed by atoms with E-state index in [0.717, 1.165) is 10.7 Å². The average molecular weight is 430 g/mol. The molecule has 0 amide bonds. The zero-order chi connectivity index (χ0) is 21.2. The fraction of sp³-hybridized carbons (Fsp3) is 0.267. The van der Waals surface area contributed by atoms with Crippen molar-refractivity contribution in [3.05, 3.63) is 46.6 Å². The van der Waals surface area contributed by atoms with Crippen molar-refractivity contribution in [3.63, 3.8) is 0 Å². The number of aromatic nitrogens is 7. The fourth-order valence-corrected chi connectivity index (χ4v) is 2.40. The number of hydrogen-bond donors (Lipinski definition) is 0. The van der Waals surface area contributed by atoms with Crippen molar-refractivity contribution in [1.29, 1.82) is 0 Å². The molecule has 0 spiro atoms. The Bertz CT molecular complexity index is 1060. The third-order valence-electron chi connectivity index (χ3n) is 3.41. The number of carbonyl (C=O) groups is 2. The number of esters is 1. The van der Waals surface area contributed by atoms with E-state index in [9.17, 15) is 22.8 Å². The van der Waals surface area contributed by atoms with E-state index < -0.39 is 30.3 Å². The van der Waals surface area contributed by atoms with Crippen molar-refractivity contribution in [2.75, 3.05) is 6.61 Å². The second-order valence-electron chi connectivity index (χ2n) is 5.42. The lowest BCUT2D eigenvalue weighted by Crippen LogP contribution is -2.15. The van der Waals surface area contributed by atoms with Gasteiger partial charge >= 0.3 is 12.1 Å². The summed E-state index contributed by atoms with van der Waals surface area (Å²) in [5, 5.41) is 13.3. The van der Waals surface area contributed by atoms with Crippen LogP contribution < -0.4 is 0 Å². The molecule has 152 valence electrons. The Morgan fingerprint density at radius 2 is 2.03 bits per heavy atom. The maximum absolute atomic E-state index is 12.6. The van der Waals surface area contributed by atoms with E-state index in [1.165, 1.54) is 12.3 Å². The minimum Gasteiger partial charge on any atom is -0.461 e. The number of hydrogen-bond acceptors (Lipinski definition) is 8. The van der Waals surface area contributed by atoms with Crippen LogP contribution in [0.1, 0.15) is 33.7 Å². The van der Waals surface area contributed by atoms with Gasteiger partial charge in [-0.1, -0.05) is 11.6 Å². The molecular formula is C15H11ClF3N7O3. The number of nitrogens with zero attached hydrogens (tertiary/aromatic N) is 7. The summed E-state index contributed by atoms with van der Waals surface area (Å²) in [4.78, 5) is 29.2. The molecule has 0 unspecified atom stereocenters. The van der Waals surface area contributed by atoms with E-state index in [0.29, 0.717) is 4.80 Å². The predicted molar refractivity (Wildman–Crippen MR) is 89.5 cm³/mol. The highest BCUT2D eigenvalue weighted by Crippen LogP contribution is 2.25. The largest absolute Gasteiger partial charge is 0.461 e. The van der Waals surface area contributed by atoms with E-state index in [1.54, 1.807) is 13.0 Å². The summed E-state index contributed by atoms with van der Waals surface area (Å²) in [5.74, 6) is -2.98. The molecule has 0 saturated carbocycles. The molecule has 0 bridgehead atoms. The molecule has 0 aliphatic heterocycles. The van der Waals surface area contributed by atoms with Gasteiger partial charge in [-0.15, -0.1) is 10.2 Å². The van der Waals surface area contributed by atoms with Crippen LogP contribution >= 0.6 is 11.6 Å². The summed E-state index contributed by atoms with van der Waals surface area (Å²) in [6.07, 6.45) is -3.40. The van der Waals surface area contributed by atoms with Crippen LogP contribution in [0, 0.1) is 0 Å². The van der Waals surface area contributed by atoms with E-state index >= 15 is 0 Å². The first-order chi connectivity index (χ1) is 13.7. The number of halogens is 4. The summed E-state index contributed by atoms with van der Waals surface area (Å²) in [6.45, 7) is 0.970. The van der Waals surface area contributed by atoms with Gasteiger partial charge in [0, 0.05) is 12.3 Å². The van der Waals surface area contributed by atoms with Gasteiger partial charge < -0.3 is 4.74 Å². The number of carbonyl (C=O) groups excluding carboxylic acids is 2. The van der Waals surface area contributed by atoms with E-state index in [4.69, 9.17) is 16.3 Å². The van der Waals surface area contributed by atoms with Crippen LogP contribution in [0.3, 0.4) is 0 Å². The minimum atomic E-state index is -4.80. The van der Waals surface area contributed by atoms with E-state index in [-0.39, 0.29) is 28.8 Å². The first-order valence-electron chi connectivity index (χ1n) is 7.97. The van der Waals surface area contributed by atoms with Crippen LogP contribution in [0.5, 0.6) is 0 Å². The topological polar surface area (TPSA) is 118 Å². The standard InChI is InChI=1S/C15H11ClF3N7O3/c1-2-29-13(28)10-6-9(22-26(10)12-8(16)4-3-5-20-12)11(27)7-25-23-14(21-24-25)15(17,18)19/h3-6H,2,7H2,1H3. The van der Waals surface area contributed by atoms with Gasteiger partial charge in [0.2, 0.25) is 5.78 Å². The number of rotatable bonds is 6. The molecule has 3 rings (SSSR count). The van der Waals surface area contributed by atoms with Crippen molar-refractivity contribution in [2.24, 2.45) is 0 Å². The molecule has 0 N–H and O–H groups in total. The highest BCUT2D eigenvalue weighted by Gasteiger charge is 2.37. The number of alkyl halides is 3. The normalized spacial score (nSPS) is 11.5.